The average molecular weight is 256 g/mol. The monoisotopic (exact) mass is 256 g/mol. The van der Waals surface area contributed by atoms with Crippen LogP contribution in [-0.4, -0.2) is 36.6 Å². The van der Waals surface area contributed by atoms with Gasteiger partial charge in [-0.05, 0) is 38.8 Å². The van der Waals surface area contributed by atoms with E-state index in [9.17, 15) is 8.42 Å². The largest absolute Gasteiger partial charge is 0.346 e. The van der Waals surface area contributed by atoms with Crippen LogP contribution in [0.1, 0.15) is 30.3 Å². The topological polar surface area (TPSA) is 42.3 Å². The summed E-state index contributed by atoms with van der Waals surface area (Å²) in [6, 6.07) is 4.69. The van der Waals surface area contributed by atoms with Gasteiger partial charge in [0.15, 0.2) is 0 Å². The highest BCUT2D eigenvalue weighted by molar-refractivity contribution is 7.88. The van der Waals surface area contributed by atoms with Crippen LogP contribution in [0.5, 0.6) is 0 Å². The molecule has 0 N–H and O–H groups in total. The number of hydrogen-bond donors (Lipinski definition) is 0. The molecule has 0 atom stereocenters. The number of piperidine rings is 1. The molecule has 0 unspecified atom stereocenters. The van der Waals surface area contributed by atoms with Crippen molar-refractivity contribution in [3.63, 3.8) is 0 Å². The van der Waals surface area contributed by atoms with Gasteiger partial charge in [-0.15, -0.1) is 0 Å². The maximum absolute atomic E-state index is 11.4. The lowest BCUT2D eigenvalue weighted by molar-refractivity contribution is 0.271. The van der Waals surface area contributed by atoms with Gasteiger partial charge in [-0.3, -0.25) is 0 Å². The standard InChI is InChI=1S/C12H20N2O2S/c1-10-4-5-11(2)14(10)12-6-8-13(9-7-12)17(3,15)16/h4-5,12H,6-9H2,1-3H3. The molecule has 1 aromatic heterocycles. The molecular weight excluding hydrogens is 236 g/mol. The molecule has 0 radical (unpaired) electrons. The van der Waals surface area contributed by atoms with E-state index in [0.29, 0.717) is 19.1 Å². The van der Waals surface area contributed by atoms with Gasteiger partial charge in [0.2, 0.25) is 10.0 Å². The van der Waals surface area contributed by atoms with Crippen molar-refractivity contribution in [2.75, 3.05) is 19.3 Å². The van der Waals surface area contributed by atoms with Crippen molar-refractivity contribution in [3.05, 3.63) is 23.5 Å². The summed E-state index contributed by atoms with van der Waals surface area (Å²) in [5, 5.41) is 0. The highest BCUT2D eigenvalue weighted by atomic mass is 32.2. The molecule has 1 aliphatic heterocycles. The zero-order valence-electron chi connectivity index (χ0n) is 10.7. The molecule has 1 aromatic rings. The van der Waals surface area contributed by atoms with E-state index in [1.807, 2.05) is 0 Å². The third-order valence-electron chi connectivity index (χ3n) is 3.58. The summed E-state index contributed by atoms with van der Waals surface area (Å²) in [7, 11) is -3.01. The Morgan fingerprint density at radius 3 is 2.00 bits per heavy atom. The van der Waals surface area contributed by atoms with Crippen LogP contribution in [-0.2, 0) is 10.0 Å². The molecule has 96 valence electrons. The van der Waals surface area contributed by atoms with E-state index in [2.05, 4.69) is 30.5 Å². The summed E-state index contributed by atoms with van der Waals surface area (Å²) >= 11 is 0. The summed E-state index contributed by atoms with van der Waals surface area (Å²) < 4.78 is 26.8. The van der Waals surface area contributed by atoms with Crippen LogP contribution in [0.2, 0.25) is 0 Å². The van der Waals surface area contributed by atoms with Gasteiger partial charge < -0.3 is 4.57 Å². The number of aromatic nitrogens is 1. The summed E-state index contributed by atoms with van der Waals surface area (Å²) in [6.45, 7) is 5.49. The van der Waals surface area contributed by atoms with E-state index in [-0.39, 0.29) is 0 Å². The van der Waals surface area contributed by atoms with Crippen molar-refractivity contribution in [1.82, 2.24) is 8.87 Å². The molecule has 0 aromatic carbocycles. The van der Waals surface area contributed by atoms with Crippen LogP contribution < -0.4 is 0 Å². The van der Waals surface area contributed by atoms with Crippen LogP contribution in [0.15, 0.2) is 12.1 Å². The molecule has 1 fully saturated rings. The van der Waals surface area contributed by atoms with E-state index in [1.54, 1.807) is 4.31 Å². The smallest absolute Gasteiger partial charge is 0.211 e. The Labute approximate surface area is 103 Å². The molecule has 17 heavy (non-hydrogen) atoms. The van der Waals surface area contributed by atoms with Gasteiger partial charge in [0.1, 0.15) is 0 Å². The predicted octanol–water partition coefficient (Wildman–Crippen LogP) is 1.70. The van der Waals surface area contributed by atoms with E-state index >= 15 is 0 Å². The SMILES string of the molecule is Cc1ccc(C)n1C1CCN(S(C)(=O)=O)CC1. The van der Waals surface area contributed by atoms with Gasteiger partial charge in [0, 0.05) is 30.5 Å². The van der Waals surface area contributed by atoms with Gasteiger partial charge in [-0.25, -0.2) is 12.7 Å². The first-order valence-corrected chi connectivity index (χ1v) is 7.84. The van der Waals surface area contributed by atoms with E-state index in [0.717, 1.165) is 12.8 Å². The Kier molecular flexibility index (Phi) is 3.32. The first-order chi connectivity index (χ1) is 7.89. The second kappa shape index (κ2) is 4.46. The highest BCUT2D eigenvalue weighted by Gasteiger charge is 2.26. The number of aryl methyl sites for hydroxylation is 2. The van der Waals surface area contributed by atoms with E-state index in [4.69, 9.17) is 0 Å². The highest BCUT2D eigenvalue weighted by Crippen LogP contribution is 2.27. The molecule has 4 nitrogen and oxygen atoms in total. The minimum atomic E-state index is -3.01. The lowest BCUT2D eigenvalue weighted by atomic mass is 10.1. The fraction of sp³-hybridized carbons (Fsp3) is 0.667. The van der Waals surface area contributed by atoms with Crippen LogP contribution in [0.4, 0.5) is 0 Å². The molecule has 0 aliphatic carbocycles. The first-order valence-electron chi connectivity index (χ1n) is 5.99. The van der Waals surface area contributed by atoms with Gasteiger partial charge in [0.05, 0.1) is 6.26 Å². The van der Waals surface area contributed by atoms with Crippen molar-refractivity contribution in [2.24, 2.45) is 0 Å². The Morgan fingerprint density at radius 1 is 1.12 bits per heavy atom. The predicted molar refractivity (Wildman–Crippen MR) is 68.6 cm³/mol. The molecule has 0 bridgehead atoms. The fourth-order valence-electron chi connectivity index (χ4n) is 2.69. The Bertz CT molecular complexity index is 477. The van der Waals surface area contributed by atoms with Crippen molar-refractivity contribution >= 4 is 10.0 Å². The van der Waals surface area contributed by atoms with E-state index in [1.165, 1.54) is 17.6 Å². The van der Waals surface area contributed by atoms with Crippen LogP contribution in [0, 0.1) is 13.8 Å². The van der Waals surface area contributed by atoms with Crippen LogP contribution >= 0.6 is 0 Å². The molecule has 2 rings (SSSR count). The number of sulfonamides is 1. The molecule has 1 saturated heterocycles. The molecular formula is C12H20N2O2S. The average Bonchev–Trinajstić information content (AvgIpc) is 2.58. The van der Waals surface area contributed by atoms with Crippen molar-refractivity contribution in [3.8, 4) is 0 Å². The molecule has 5 heteroatoms. The van der Waals surface area contributed by atoms with Gasteiger partial charge >= 0.3 is 0 Å². The fourth-order valence-corrected chi connectivity index (χ4v) is 3.56. The van der Waals surface area contributed by atoms with Crippen molar-refractivity contribution in [1.29, 1.82) is 0 Å². The van der Waals surface area contributed by atoms with Crippen LogP contribution in [0.3, 0.4) is 0 Å². The molecule has 2 heterocycles. The summed E-state index contributed by atoms with van der Waals surface area (Å²) in [5.41, 5.74) is 2.53. The first kappa shape index (κ1) is 12.6. The van der Waals surface area contributed by atoms with Gasteiger partial charge in [0.25, 0.3) is 0 Å². The molecule has 0 amide bonds. The second-order valence-corrected chi connectivity index (χ2v) is 6.86. The lowest BCUT2D eigenvalue weighted by Gasteiger charge is -2.32. The van der Waals surface area contributed by atoms with Crippen molar-refractivity contribution < 1.29 is 8.42 Å². The molecule has 0 saturated carbocycles. The summed E-state index contributed by atoms with van der Waals surface area (Å²) in [4.78, 5) is 0. The van der Waals surface area contributed by atoms with Crippen LogP contribution in [0.25, 0.3) is 0 Å². The third-order valence-corrected chi connectivity index (χ3v) is 4.89. The second-order valence-electron chi connectivity index (χ2n) is 4.88. The lowest BCUT2D eigenvalue weighted by Crippen LogP contribution is -2.38. The number of hydrogen-bond acceptors (Lipinski definition) is 2. The Hall–Kier alpha value is -0.810. The molecule has 0 spiro atoms. The Balaban J connectivity index is 2.10. The van der Waals surface area contributed by atoms with Gasteiger partial charge in [-0.2, -0.15) is 0 Å². The maximum atomic E-state index is 11.4. The minimum Gasteiger partial charge on any atom is -0.346 e. The summed E-state index contributed by atoms with van der Waals surface area (Å²) in [5.74, 6) is 0. The third kappa shape index (κ3) is 2.55. The quantitative estimate of drug-likeness (QED) is 0.808. The van der Waals surface area contributed by atoms with E-state index < -0.39 is 10.0 Å². The van der Waals surface area contributed by atoms with Gasteiger partial charge in [-0.1, -0.05) is 0 Å². The minimum absolute atomic E-state index is 0.447. The maximum Gasteiger partial charge on any atom is 0.211 e. The normalized spacial score (nSPS) is 19.7. The molecule has 1 aliphatic rings. The summed E-state index contributed by atoms with van der Waals surface area (Å²) in [6.07, 6.45) is 3.10. The zero-order valence-corrected chi connectivity index (χ0v) is 11.5. The van der Waals surface area contributed by atoms with Crippen molar-refractivity contribution in [2.45, 2.75) is 32.7 Å². The Morgan fingerprint density at radius 2 is 1.59 bits per heavy atom. The zero-order chi connectivity index (χ0) is 12.6. The number of rotatable bonds is 2. The number of nitrogens with zero attached hydrogens (tertiary/aromatic N) is 2.